The molecular formula is C7H9N3O4S. The van der Waals surface area contributed by atoms with Crippen LogP contribution < -0.4 is 4.72 Å². The van der Waals surface area contributed by atoms with E-state index in [1.165, 1.54) is 12.3 Å². The average Bonchev–Trinajstić information content (AvgIpc) is 2.17. The summed E-state index contributed by atoms with van der Waals surface area (Å²) in [4.78, 5) is 13.3. The van der Waals surface area contributed by atoms with Crippen molar-refractivity contribution in [1.29, 1.82) is 0 Å². The van der Waals surface area contributed by atoms with Crippen LogP contribution in [-0.2, 0) is 10.0 Å². The summed E-state index contributed by atoms with van der Waals surface area (Å²) in [7, 11) is -3.89. The van der Waals surface area contributed by atoms with E-state index in [9.17, 15) is 18.5 Å². The highest BCUT2D eigenvalue weighted by Gasteiger charge is 2.25. The van der Waals surface area contributed by atoms with Crippen molar-refractivity contribution in [3.05, 3.63) is 28.4 Å². The van der Waals surface area contributed by atoms with Crippen molar-refractivity contribution in [3.8, 4) is 0 Å². The Labute approximate surface area is 86.3 Å². The predicted molar refractivity (Wildman–Crippen MR) is 51.8 cm³/mol. The van der Waals surface area contributed by atoms with Crippen molar-refractivity contribution in [1.82, 2.24) is 9.71 Å². The maximum atomic E-state index is 11.5. The molecule has 0 aromatic carbocycles. The van der Waals surface area contributed by atoms with Crippen molar-refractivity contribution >= 4 is 15.7 Å². The monoisotopic (exact) mass is 231 g/mol. The lowest BCUT2D eigenvalue weighted by Crippen LogP contribution is -2.24. The third kappa shape index (κ3) is 2.48. The molecule has 82 valence electrons. The minimum absolute atomic E-state index is 0.149. The molecule has 0 unspecified atom stereocenters. The smallest absolute Gasteiger partial charge is 0.258 e. The van der Waals surface area contributed by atoms with Crippen LogP contribution >= 0.6 is 0 Å². The topological polar surface area (TPSA) is 102 Å². The Morgan fingerprint density at radius 1 is 1.60 bits per heavy atom. The van der Waals surface area contributed by atoms with Crippen LogP contribution in [0.3, 0.4) is 0 Å². The molecule has 0 aliphatic carbocycles. The summed E-state index contributed by atoms with van der Waals surface area (Å²) in [5.41, 5.74) is -0.529. The summed E-state index contributed by atoms with van der Waals surface area (Å²) in [6.45, 7) is 1.72. The van der Waals surface area contributed by atoms with Crippen LogP contribution in [0.5, 0.6) is 0 Å². The summed E-state index contributed by atoms with van der Waals surface area (Å²) in [5, 5.41) is 9.99. The fourth-order valence-electron chi connectivity index (χ4n) is 0.987. The van der Waals surface area contributed by atoms with Crippen LogP contribution in [0.4, 0.5) is 5.69 Å². The fourth-order valence-corrected chi connectivity index (χ4v) is 2.12. The maximum Gasteiger partial charge on any atom is 0.308 e. The first kappa shape index (κ1) is 11.5. The minimum atomic E-state index is -3.89. The number of hydrogen-bond acceptors (Lipinski definition) is 5. The molecule has 0 atom stereocenters. The first-order valence-electron chi connectivity index (χ1n) is 4.08. The zero-order valence-corrected chi connectivity index (χ0v) is 8.69. The molecule has 0 aliphatic heterocycles. The molecule has 0 aliphatic rings. The highest BCUT2D eigenvalue weighted by Crippen LogP contribution is 2.19. The Kier molecular flexibility index (Phi) is 3.32. The molecule has 0 fully saturated rings. The maximum absolute atomic E-state index is 11.5. The summed E-state index contributed by atoms with van der Waals surface area (Å²) < 4.78 is 25.1. The number of nitrogens with one attached hydrogen (secondary N) is 1. The lowest BCUT2D eigenvalue weighted by Gasteiger charge is -2.03. The number of aromatic nitrogens is 1. The van der Waals surface area contributed by atoms with Gasteiger partial charge in [0.1, 0.15) is 0 Å². The molecule has 1 heterocycles. The second kappa shape index (κ2) is 4.32. The van der Waals surface area contributed by atoms with E-state index in [0.29, 0.717) is 0 Å². The summed E-state index contributed by atoms with van der Waals surface area (Å²) in [5.74, 6) is 0. The van der Waals surface area contributed by atoms with Gasteiger partial charge in [0.15, 0.2) is 0 Å². The Balaban J connectivity index is 3.31. The third-order valence-electron chi connectivity index (χ3n) is 1.54. The van der Waals surface area contributed by atoms with Gasteiger partial charge in [0.25, 0.3) is 10.0 Å². The number of pyridine rings is 1. The molecule has 1 aromatic rings. The molecule has 0 saturated heterocycles. The van der Waals surface area contributed by atoms with E-state index in [1.54, 1.807) is 6.92 Å². The van der Waals surface area contributed by atoms with E-state index in [4.69, 9.17) is 0 Å². The first-order chi connectivity index (χ1) is 6.99. The van der Waals surface area contributed by atoms with Crippen molar-refractivity contribution < 1.29 is 13.3 Å². The number of hydrogen-bond donors (Lipinski definition) is 1. The van der Waals surface area contributed by atoms with Gasteiger partial charge in [0.05, 0.1) is 4.92 Å². The van der Waals surface area contributed by atoms with E-state index in [2.05, 4.69) is 9.71 Å². The Morgan fingerprint density at radius 3 is 2.80 bits per heavy atom. The van der Waals surface area contributed by atoms with Crippen molar-refractivity contribution in [2.24, 2.45) is 0 Å². The number of sulfonamides is 1. The normalized spacial score (nSPS) is 11.3. The lowest BCUT2D eigenvalue weighted by molar-refractivity contribution is -0.388. The van der Waals surface area contributed by atoms with Crippen LogP contribution in [0.1, 0.15) is 6.92 Å². The quantitative estimate of drug-likeness (QED) is 0.592. The molecule has 0 radical (unpaired) electrons. The van der Waals surface area contributed by atoms with Gasteiger partial charge in [-0.3, -0.25) is 10.1 Å². The number of nitrogens with zero attached hydrogens (tertiary/aromatic N) is 2. The fraction of sp³-hybridized carbons (Fsp3) is 0.286. The highest BCUT2D eigenvalue weighted by atomic mass is 32.2. The number of nitro groups is 1. The van der Waals surface area contributed by atoms with Gasteiger partial charge in [-0.25, -0.2) is 18.1 Å². The van der Waals surface area contributed by atoms with Crippen molar-refractivity contribution in [2.45, 2.75) is 11.9 Å². The van der Waals surface area contributed by atoms with Crippen LogP contribution in [0.15, 0.2) is 23.4 Å². The molecular weight excluding hydrogens is 222 g/mol. The predicted octanol–water partition coefficient (Wildman–Crippen LogP) is 0.288. The average molecular weight is 231 g/mol. The van der Waals surface area contributed by atoms with Gasteiger partial charge in [-0.15, -0.1) is 0 Å². The molecule has 7 nitrogen and oxygen atoms in total. The number of rotatable bonds is 4. The lowest BCUT2D eigenvalue weighted by atomic mass is 10.4. The highest BCUT2D eigenvalue weighted by molar-refractivity contribution is 7.89. The molecule has 0 spiro atoms. The molecule has 8 heteroatoms. The van der Waals surface area contributed by atoms with Crippen LogP contribution in [0.2, 0.25) is 0 Å². The molecule has 15 heavy (non-hydrogen) atoms. The van der Waals surface area contributed by atoms with Gasteiger partial charge in [-0.1, -0.05) is 6.92 Å². The molecule has 0 bridgehead atoms. The van der Waals surface area contributed by atoms with Gasteiger partial charge in [-0.2, -0.15) is 0 Å². The Morgan fingerprint density at radius 2 is 2.27 bits per heavy atom. The summed E-state index contributed by atoms with van der Waals surface area (Å²) in [6, 6.07) is 2.40. The van der Waals surface area contributed by atoms with Gasteiger partial charge in [-0.05, 0) is 6.07 Å². The first-order valence-corrected chi connectivity index (χ1v) is 5.56. The Hall–Kier alpha value is -1.54. The van der Waals surface area contributed by atoms with Gasteiger partial charge < -0.3 is 0 Å². The zero-order chi connectivity index (χ0) is 11.5. The van der Waals surface area contributed by atoms with E-state index in [0.717, 1.165) is 6.07 Å². The second-order valence-corrected chi connectivity index (χ2v) is 4.27. The van der Waals surface area contributed by atoms with E-state index in [1.807, 2.05) is 0 Å². The van der Waals surface area contributed by atoms with E-state index in [-0.39, 0.29) is 6.54 Å². The molecule has 0 amide bonds. The van der Waals surface area contributed by atoms with E-state index >= 15 is 0 Å². The summed E-state index contributed by atoms with van der Waals surface area (Å²) in [6.07, 6.45) is 1.19. The van der Waals surface area contributed by atoms with Crippen LogP contribution in [0, 0.1) is 10.1 Å². The second-order valence-electron chi connectivity index (χ2n) is 2.59. The summed E-state index contributed by atoms with van der Waals surface area (Å²) >= 11 is 0. The van der Waals surface area contributed by atoms with Gasteiger partial charge >= 0.3 is 5.69 Å². The minimum Gasteiger partial charge on any atom is -0.258 e. The van der Waals surface area contributed by atoms with Crippen molar-refractivity contribution in [3.63, 3.8) is 0 Å². The SMILES string of the molecule is CCNS(=O)(=O)c1ncccc1[N+](=O)[O-]. The van der Waals surface area contributed by atoms with Crippen LogP contribution in [-0.4, -0.2) is 24.9 Å². The van der Waals surface area contributed by atoms with Crippen molar-refractivity contribution in [2.75, 3.05) is 6.54 Å². The standard InChI is InChI=1S/C7H9N3O4S/c1-2-9-15(13,14)7-6(10(11)12)4-3-5-8-7/h3-5,9H,2H2,1H3. The largest absolute Gasteiger partial charge is 0.308 e. The third-order valence-corrected chi connectivity index (χ3v) is 3.03. The Bertz CT molecular complexity index is 471. The van der Waals surface area contributed by atoms with E-state index < -0.39 is 25.7 Å². The molecule has 1 N–H and O–H groups in total. The van der Waals surface area contributed by atoms with Gasteiger partial charge in [0, 0.05) is 18.8 Å². The van der Waals surface area contributed by atoms with Crippen LogP contribution in [0.25, 0.3) is 0 Å². The molecule has 0 saturated carbocycles. The van der Waals surface area contributed by atoms with Gasteiger partial charge in [0.2, 0.25) is 5.03 Å². The zero-order valence-electron chi connectivity index (χ0n) is 7.87. The molecule has 1 rings (SSSR count). The molecule has 1 aromatic heterocycles.